The molecule has 1 aliphatic heterocycles. The molecule has 0 unspecified atom stereocenters. The molecule has 1 amide bonds. The number of carbonyl (C=O) groups excluding carboxylic acids is 1. The maximum Gasteiger partial charge on any atom is 0.573 e. The summed E-state index contributed by atoms with van der Waals surface area (Å²) in [6, 6.07) is 10.6. The van der Waals surface area contributed by atoms with E-state index in [1.165, 1.54) is 41.4 Å². The summed E-state index contributed by atoms with van der Waals surface area (Å²) in [4.78, 5) is 12.3. The number of hydrogen-bond donors (Lipinski definition) is 0. The molecule has 0 atom stereocenters. The number of carbonyl (C=O) groups is 1. The summed E-state index contributed by atoms with van der Waals surface area (Å²) in [6.45, 7) is 0.259. The maximum atomic E-state index is 13.2. The van der Waals surface area contributed by atoms with Gasteiger partial charge in [0.05, 0.1) is 12.3 Å². The molecular weight excluding hydrogens is 340 g/mol. The van der Waals surface area contributed by atoms with Crippen molar-refractivity contribution in [3.8, 4) is 5.75 Å². The van der Waals surface area contributed by atoms with Crippen LogP contribution in [0.5, 0.6) is 5.75 Å². The predicted molar refractivity (Wildman–Crippen MR) is 81.7 cm³/mol. The molecule has 130 valence electrons. The van der Waals surface area contributed by atoms with Crippen LogP contribution in [0.4, 0.5) is 17.6 Å². The zero-order valence-electron chi connectivity index (χ0n) is 12.8. The van der Waals surface area contributed by atoms with E-state index in [-0.39, 0.29) is 17.9 Å². The number of alkyl halides is 3. The molecule has 0 radical (unpaired) electrons. The van der Waals surface area contributed by atoms with E-state index in [2.05, 4.69) is 9.84 Å². The second-order valence-corrected chi connectivity index (χ2v) is 5.31. The Balaban J connectivity index is 1.80. The Labute approximate surface area is 140 Å². The molecule has 3 rings (SSSR count). The number of ether oxygens (including phenoxy) is 1. The highest BCUT2D eigenvalue weighted by molar-refractivity contribution is 6.04. The zero-order chi connectivity index (χ0) is 18.0. The van der Waals surface area contributed by atoms with Gasteiger partial charge in [0, 0.05) is 17.5 Å². The number of benzene rings is 2. The number of nitrogens with zero attached hydrogens (tertiary/aromatic N) is 2. The molecule has 1 heterocycles. The van der Waals surface area contributed by atoms with Crippen LogP contribution in [0.1, 0.15) is 22.3 Å². The summed E-state index contributed by atoms with van der Waals surface area (Å²) < 4.78 is 54.0. The Morgan fingerprint density at radius 2 is 1.88 bits per heavy atom. The number of hydrazone groups is 1. The van der Waals surface area contributed by atoms with Gasteiger partial charge >= 0.3 is 6.36 Å². The molecule has 0 bridgehead atoms. The van der Waals surface area contributed by atoms with Gasteiger partial charge in [0.1, 0.15) is 11.6 Å². The molecule has 1 aliphatic rings. The Morgan fingerprint density at radius 1 is 1.12 bits per heavy atom. The predicted octanol–water partition coefficient (Wildman–Crippen LogP) is 3.97. The number of amides is 1. The molecule has 0 N–H and O–H groups in total. The van der Waals surface area contributed by atoms with Crippen molar-refractivity contribution >= 4 is 11.6 Å². The van der Waals surface area contributed by atoms with Gasteiger partial charge in [0.2, 0.25) is 0 Å². The van der Waals surface area contributed by atoms with Gasteiger partial charge in [-0.1, -0.05) is 18.2 Å². The van der Waals surface area contributed by atoms with Crippen molar-refractivity contribution in [2.75, 3.05) is 6.54 Å². The molecule has 2 aromatic rings. The fraction of sp³-hybridized carbons (Fsp3) is 0.176. The fourth-order valence-electron chi connectivity index (χ4n) is 2.45. The van der Waals surface area contributed by atoms with Crippen molar-refractivity contribution in [1.82, 2.24) is 5.01 Å². The van der Waals surface area contributed by atoms with Crippen molar-refractivity contribution in [2.45, 2.75) is 12.8 Å². The van der Waals surface area contributed by atoms with E-state index >= 15 is 0 Å². The smallest absolute Gasteiger partial charge is 0.406 e. The average molecular weight is 352 g/mol. The molecule has 25 heavy (non-hydrogen) atoms. The summed E-state index contributed by atoms with van der Waals surface area (Å²) in [5.74, 6) is -1.37. The topological polar surface area (TPSA) is 41.9 Å². The minimum Gasteiger partial charge on any atom is -0.406 e. The second-order valence-electron chi connectivity index (χ2n) is 5.31. The lowest BCUT2D eigenvalue weighted by atomic mass is 10.1. The van der Waals surface area contributed by atoms with Gasteiger partial charge in [-0.05, 0) is 30.3 Å². The molecule has 0 fully saturated rings. The van der Waals surface area contributed by atoms with Crippen molar-refractivity contribution in [2.24, 2.45) is 5.10 Å². The first kappa shape index (κ1) is 16.9. The zero-order valence-corrected chi connectivity index (χ0v) is 12.8. The average Bonchev–Trinajstić information content (AvgIpc) is 3.03. The van der Waals surface area contributed by atoms with E-state index in [4.69, 9.17) is 0 Å². The summed E-state index contributed by atoms with van der Waals surface area (Å²) in [5, 5.41) is 5.31. The van der Waals surface area contributed by atoms with Crippen molar-refractivity contribution in [3.05, 3.63) is 65.5 Å². The lowest BCUT2D eigenvalue weighted by Crippen LogP contribution is -2.23. The quantitative estimate of drug-likeness (QED) is 0.785. The summed E-state index contributed by atoms with van der Waals surface area (Å²) in [7, 11) is 0. The van der Waals surface area contributed by atoms with Crippen LogP contribution in [0.3, 0.4) is 0 Å². The van der Waals surface area contributed by atoms with Crippen molar-refractivity contribution < 1.29 is 27.1 Å². The van der Waals surface area contributed by atoms with Crippen LogP contribution in [0.15, 0.2) is 53.6 Å². The largest absolute Gasteiger partial charge is 0.573 e. The SMILES string of the molecule is O=C(c1cccc(F)c1)N1CCC(c2cccc(OC(F)(F)F)c2)=N1. The molecule has 8 heteroatoms. The van der Waals surface area contributed by atoms with Crippen LogP contribution in [0.25, 0.3) is 0 Å². The third-order valence-corrected chi connectivity index (χ3v) is 3.51. The van der Waals surface area contributed by atoms with E-state index in [9.17, 15) is 22.4 Å². The molecule has 4 nitrogen and oxygen atoms in total. The van der Waals surface area contributed by atoms with Gasteiger partial charge < -0.3 is 4.74 Å². The lowest BCUT2D eigenvalue weighted by Gasteiger charge is -2.11. The number of halogens is 4. The Morgan fingerprint density at radius 3 is 2.60 bits per heavy atom. The van der Waals surface area contributed by atoms with Crippen molar-refractivity contribution in [3.63, 3.8) is 0 Å². The monoisotopic (exact) mass is 352 g/mol. The molecule has 0 saturated heterocycles. The van der Waals surface area contributed by atoms with Gasteiger partial charge in [-0.2, -0.15) is 5.10 Å². The van der Waals surface area contributed by atoms with E-state index < -0.39 is 18.1 Å². The van der Waals surface area contributed by atoms with Gasteiger partial charge in [-0.25, -0.2) is 9.40 Å². The van der Waals surface area contributed by atoms with Gasteiger partial charge in [-0.15, -0.1) is 13.2 Å². The normalized spacial score (nSPS) is 14.4. The third kappa shape index (κ3) is 4.14. The first-order valence-electron chi connectivity index (χ1n) is 7.33. The number of hydrogen-bond acceptors (Lipinski definition) is 3. The van der Waals surface area contributed by atoms with E-state index in [1.807, 2.05) is 0 Å². The fourth-order valence-corrected chi connectivity index (χ4v) is 2.45. The molecule has 0 aliphatic carbocycles. The minimum absolute atomic E-state index is 0.152. The Bertz CT molecular complexity index is 833. The Kier molecular flexibility index (Phi) is 4.43. The van der Waals surface area contributed by atoms with Crippen LogP contribution >= 0.6 is 0 Å². The summed E-state index contributed by atoms with van der Waals surface area (Å²) in [5.41, 5.74) is 1.04. The maximum absolute atomic E-state index is 13.2. The van der Waals surface area contributed by atoms with Gasteiger partial charge in [-0.3, -0.25) is 4.79 Å². The summed E-state index contributed by atoms with van der Waals surface area (Å²) >= 11 is 0. The first-order valence-corrected chi connectivity index (χ1v) is 7.33. The third-order valence-electron chi connectivity index (χ3n) is 3.51. The van der Waals surface area contributed by atoms with Crippen LogP contribution in [0, 0.1) is 5.82 Å². The van der Waals surface area contributed by atoms with E-state index in [0.717, 1.165) is 6.07 Å². The highest BCUT2D eigenvalue weighted by Crippen LogP contribution is 2.25. The standard InChI is InChI=1S/C17H12F4N2O2/c18-13-5-1-4-12(9-13)16(24)23-8-7-15(22-23)11-3-2-6-14(10-11)25-17(19,20)21/h1-6,9-10H,7-8H2. The van der Waals surface area contributed by atoms with Gasteiger partial charge in [0.25, 0.3) is 5.91 Å². The van der Waals surface area contributed by atoms with Crippen LogP contribution in [0.2, 0.25) is 0 Å². The highest BCUT2D eigenvalue weighted by Gasteiger charge is 2.31. The van der Waals surface area contributed by atoms with E-state index in [1.54, 1.807) is 6.07 Å². The molecular formula is C17H12F4N2O2. The molecule has 0 saturated carbocycles. The number of rotatable bonds is 3. The molecule has 0 aromatic heterocycles. The Hall–Kier alpha value is -2.90. The van der Waals surface area contributed by atoms with E-state index in [0.29, 0.717) is 17.7 Å². The lowest BCUT2D eigenvalue weighted by molar-refractivity contribution is -0.274. The first-order chi connectivity index (χ1) is 11.8. The highest BCUT2D eigenvalue weighted by atomic mass is 19.4. The second kappa shape index (κ2) is 6.54. The van der Waals surface area contributed by atoms with Crippen LogP contribution < -0.4 is 4.74 Å². The van der Waals surface area contributed by atoms with Crippen molar-refractivity contribution in [1.29, 1.82) is 0 Å². The molecule has 0 spiro atoms. The minimum atomic E-state index is -4.78. The van der Waals surface area contributed by atoms with Crippen LogP contribution in [-0.4, -0.2) is 29.5 Å². The van der Waals surface area contributed by atoms with Crippen LogP contribution in [-0.2, 0) is 0 Å². The molecule has 2 aromatic carbocycles. The van der Waals surface area contributed by atoms with Gasteiger partial charge in [0.15, 0.2) is 0 Å². The summed E-state index contributed by atoms with van der Waals surface area (Å²) in [6.07, 6.45) is -4.41.